The first kappa shape index (κ1) is 14.3. The van der Waals surface area contributed by atoms with Gasteiger partial charge in [-0.1, -0.05) is 24.3 Å². The Morgan fingerprint density at radius 1 is 0.833 bits per heavy atom. The molecule has 0 saturated heterocycles. The summed E-state index contributed by atoms with van der Waals surface area (Å²) >= 11 is 0. The summed E-state index contributed by atoms with van der Waals surface area (Å²) in [5, 5.41) is 0. The van der Waals surface area contributed by atoms with E-state index in [1.54, 1.807) is 18.6 Å². The first-order chi connectivity index (χ1) is 11.9. The molecule has 24 heavy (non-hydrogen) atoms. The van der Waals surface area contributed by atoms with Gasteiger partial charge in [-0.15, -0.1) is 0 Å². The van der Waals surface area contributed by atoms with E-state index in [-0.39, 0.29) is 0 Å². The van der Waals surface area contributed by atoms with E-state index >= 15 is 0 Å². The molecule has 2 aromatic heterocycles. The molecule has 0 aliphatic heterocycles. The van der Waals surface area contributed by atoms with Crippen LogP contribution in [-0.4, -0.2) is 15.0 Å². The summed E-state index contributed by atoms with van der Waals surface area (Å²) < 4.78 is 5.87. The quantitative estimate of drug-likeness (QED) is 0.564. The third kappa shape index (κ3) is 3.08. The number of fused-ring (bicyclic) bond motifs is 1. The van der Waals surface area contributed by atoms with Crippen LogP contribution in [0.4, 0.5) is 0 Å². The van der Waals surface area contributed by atoms with E-state index in [1.165, 1.54) is 0 Å². The van der Waals surface area contributed by atoms with Crippen LogP contribution in [0.3, 0.4) is 0 Å². The lowest BCUT2D eigenvalue weighted by Gasteiger charge is -2.08. The Hall–Kier alpha value is -3.27. The van der Waals surface area contributed by atoms with Crippen molar-refractivity contribution in [1.82, 2.24) is 15.0 Å². The zero-order valence-corrected chi connectivity index (χ0v) is 13.0. The third-order valence-corrected chi connectivity index (χ3v) is 3.73. The first-order valence-electron chi connectivity index (χ1n) is 7.72. The summed E-state index contributed by atoms with van der Waals surface area (Å²) in [5.74, 6) is 0.805. The van der Waals surface area contributed by atoms with E-state index in [1.807, 2.05) is 60.7 Å². The Bertz CT molecular complexity index is 970. The lowest BCUT2D eigenvalue weighted by Crippen LogP contribution is -1.96. The van der Waals surface area contributed by atoms with Gasteiger partial charge in [-0.2, -0.15) is 0 Å². The zero-order valence-electron chi connectivity index (χ0n) is 13.0. The van der Waals surface area contributed by atoms with Gasteiger partial charge in [-0.05, 0) is 42.0 Å². The van der Waals surface area contributed by atoms with Crippen LogP contribution >= 0.6 is 0 Å². The third-order valence-electron chi connectivity index (χ3n) is 3.73. The van der Waals surface area contributed by atoms with Crippen molar-refractivity contribution < 1.29 is 4.74 Å². The number of hydrogen-bond donors (Lipinski definition) is 0. The van der Waals surface area contributed by atoms with Gasteiger partial charge in [0.15, 0.2) is 0 Å². The lowest BCUT2D eigenvalue weighted by atomic mass is 10.1. The maximum Gasteiger partial charge on any atom is 0.120 e. The van der Waals surface area contributed by atoms with Crippen molar-refractivity contribution in [3.8, 4) is 17.0 Å². The van der Waals surface area contributed by atoms with Crippen LogP contribution in [0.15, 0.2) is 79.3 Å². The molecule has 0 spiro atoms. The molecule has 0 bridgehead atoms. The van der Waals surface area contributed by atoms with E-state index < -0.39 is 0 Å². The Balaban J connectivity index is 1.59. The van der Waals surface area contributed by atoms with Crippen molar-refractivity contribution in [3.63, 3.8) is 0 Å². The standard InChI is InChI=1S/C20H15N3O/c1-2-7-19-18(6-1)22-13-20(23-19)16-4-3-5-17(12-16)24-14-15-8-10-21-11-9-15/h1-13H,14H2. The first-order valence-corrected chi connectivity index (χ1v) is 7.72. The van der Waals surface area contributed by atoms with Crippen LogP contribution in [0.25, 0.3) is 22.3 Å². The molecule has 0 atom stereocenters. The summed E-state index contributed by atoms with van der Waals surface area (Å²) in [4.78, 5) is 13.2. The number of para-hydroxylation sites is 2. The molecule has 0 unspecified atom stereocenters. The van der Waals surface area contributed by atoms with E-state index in [0.29, 0.717) is 6.61 Å². The molecule has 4 aromatic rings. The monoisotopic (exact) mass is 313 g/mol. The number of nitrogens with zero attached hydrogens (tertiary/aromatic N) is 3. The molecule has 0 amide bonds. The maximum atomic E-state index is 5.87. The van der Waals surface area contributed by atoms with Gasteiger partial charge in [0.05, 0.1) is 22.9 Å². The molecule has 4 nitrogen and oxygen atoms in total. The predicted octanol–water partition coefficient (Wildman–Crippen LogP) is 4.27. The lowest BCUT2D eigenvalue weighted by molar-refractivity contribution is 0.306. The molecule has 0 fully saturated rings. The summed E-state index contributed by atoms with van der Waals surface area (Å²) in [5.41, 5.74) is 4.69. The SMILES string of the molecule is c1cc(OCc2ccncc2)cc(-c2cnc3ccccc3n2)c1. The second-order valence-corrected chi connectivity index (χ2v) is 5.42. The van der Waals surface area contributed by atoms with E-state index in [0.717, 1.165) is 33.6 Å². The summed E-state index contributed by atoms with van der Waals surface area (Å²) in [7, 11) is 0. The number of rotatable bonds is 4. The van der Waals surface area contributed by atoms with Gasteiger partial charge >= 0.3 is 0 Å². The molecule has 0 aliphatic rings. The molecule has 4 heteroatoms. The molecule has 2 aromatic carbocycles. The van der Waals surface area contributed by atoms with E-state index in [2.05, 4.69) is 15.0 Å². The maximum absolute atomic E-state index is 5.87. The molecule has 0 radical (unpaired) electrons. The van der Waals surface area contributed by atoms with Crippen molar-refractivity contribution in [2.24, 2.45) is 0 Å². The number of hydrogen-bond acceptors (Lipinski definition) is 4. The summed E-state index contributed by atoms with van der Waals surface area (Å²) in [6, 6.07) is 19.7. The van der Waals surface area contributed by atoms with Gasteiger partial charge in [0.25, 0.3) is 0 Å². The Morgan fingerprint density at radius 2 is 1.67 bits per heavy atom. The minimum atomic E-state index is 0.509. The predicted molar refractivity (Wildman–Crippen MR) is 93.5 cm³/mol. The fraction of sp³-hybridized carbons (Fsp3) is 0.0500. The number of pyridine rings is 1. The normalized spacial score (nSPS) is 10.7. The van der Waals surface area contributed by atoms with Crippen LogP contribution in [0, 0.1) is 0 Å². The Kier molecular flexibility index (Phi) is 3.86. The highest BCUT2D eigenvalue weighted by atomic mass is 16.5. The fourth-order valence-corrected chi connectivity index (χ4v) is 2.49. The highest BCUT2D eigenvalue weighted by Crippen LogP contribution is 2.24. The summed E-state index contributed by atoms with van der Waals surface area (Å²) in [6.07, 6.45) is 5.32. The highest BCUT2D eigenvalue weighted by molar-refractivity contribution is 5.77. The highest BCUT2D eigenvalue weighted by Gasteiger charge is 2.04. The molecule has 0 aliphatic carbocycles. The Labute approximate surface area is 139 Å². The minimum Gasteiger partial charge on any atom is -0.489 e. The zero-order chi connectivity index (χ0) is 16.2. The van der Waals surface area contributed by atoms with Crippen LogP contribution in [0.2, 0.25) is 0 Å². The van der Waals surface area contributed by atoms with Gasteiger partial charge in [-0.25, -0.2) is 4.98 Å². The summed E-state index contributed by atoms with van der Waals surface area (Å²) in [6.45, 7) is 0.509. The van der Waals surface area contributed by atoms with Crippen molar-refractivity contribution in [2.45, 2.75) is 6.61 Å². The largest absolute Gasteiger partial charge is 0.489 e. The smallest absolute Gasteiger partial charge is 0.120 e. The van der Waals surface area contributed by atoms with Crippen LogP contribution in [-0.2, 0) is 6.61 Å². The Morgan fingerprint density at radius 3 is 2.54 bits per heavy atom. The molecule has 0 saturated carbocycles. The molecule has 2 heterocycles. The molecular formula is C20H15N3O. The van der Waals surface area contributed by atoms with Crippen LogP contribution < -0.4 is 4.74 Å². The molecule has 4 rings (SSSR count). The van der Waals surface area contributed by atoms with Gasteiger partial charge in [-0.3, -0.25) is 9.97 Å². The second kappa shape index (κ2) is 6.46. The fourth-order valence-electron chi connectivity index (χ4n) is 2.49. The average Bonchev–Trinajstić information content (AvgIpc) is 2.67. The number of benzene rings is 2. The number of ether oxygens (including phenoxy) is 1. The van der Waals surface area contributed by atoms with Crippen LogP contribution in [0.5, 0.6) is 5.75 Å². The van der Waals surface area contributed by atoms with Crippen LogP contribution in [0.1, 0.15) is 5.56 Å². The van der Waals surface area contributed by atoms with Gasteiger partial charge < -0.3 is 4.74 Å². The topological polar surface area (TPSA) is 47.9 Å². The average molecular weight is 313 g/mol. The van der Waals surface area contributed by atoms with Crippen molar-refractivity contribution in [3.05, 3.63) is 84.8 Å². The van der Waals surface area contributed by atoms with Gasteiger partial charge in [0.1, 0.15) is 12.4 Å². The molecule has 0 N–H and O–H groups in total. The van der Waals surface area contributed by atoms with Gasteiger partial charge in [0.2, 0.25) is 0 Å². The van der Waals surface area contributed by atoms with Crippen molar-refractivity contribution in [1.29, 1.82) is 0 Å². The molecule has 116 valence electrons. The number of aromatic nitrogens is 3. The van der Waals surface area contributed by atoms with Crippen molar-refractivity contribution in [2.75, 3.05) is 0 Å². The molecular weight excluding hydrogens is 298 g/mol. The minimum absolute atomic E-state index is 0.509. The van der Waals surface area contributed by atoms with E-state index in [9.17, 15) is 0 Å². The van der Waals surface area contributed by atoms with Crippen molar-refractivity contribution >= 4 is 11.0 Å². The second-order valence-electron chi connectivity index (χ2n) is 5.42. The van der Waals surface area contributed by atoms with E-state index in [4.69, 9.17) is 4.74 Å². The van der Waals surface area contributed by atoms with Gasteiger partial charge in [0, 0.05) is 18.0 Å².